The molecular weight excluding hydrogens is 154 g/mol. The number of carboxylic acids is 1. The summed E-state index contributed by atoms with van der Waals surface area (Å²) in [5.41, 5.74) is 4.32. The second-order valence-electron chi connectivity index (χ2n) is 3.30. The van der Waals surface area contributed by atoms with Gasteiger partial charge in [0, 0.05) is 4.11 Å². The Hall–Kier alpha value is -0.570. The largest absolute Gasteiger partial charge is 0.481 e. The molecule has 1 unspecified atom stereocenters. The first-order valence-electron chi connectivity index (χ1n) is 6.22. The van der Waals surface area contributed by atoms with Crippen LogP contribution in [-0.2, 0) is 4.79 Å². The Morgan fingerprint density at radius 3 is 2.75 bits per heavy atom. The van der Waals surface area contributed by atoms with Crippen LogP contribution in [-0.4, -0.2) is 17.6 Å². The Balaban J connectivity index is 3.04. The summed E-state index contributed by atoms with van der Waals surface area (Å²) in [7, 11) is 0. The van der Waals surface area contributed by atoms with Crippen molar-refractivity contribution in [2.45, 2.75) is 38.5 Å². The van der Waals surface area contributed by atoms with Crippen LogP contribution in [0, 0.1) is 5.41 Å². The Morgan fingerprint density at radius 1 is 1.58 bits per heavy atom. The third-order valence-corrected chi connectivity index (χ3v) is 2.42. The molecule has 1 saturated carbocycles. The van der Waals surface area contributed by atoms with E-state index >= 15 is 0 Å². The van der Waals surface area contributed by atoms with Gasteiger partial charge in [0.15, 0.2) is 0 Å². The van der Waals surface area contributed by atoms with Crippen LogP contribution >= 0.6 is 0 Å². The molecule has 1 rings (SSSR count). The molecule has 0 amide bonds. The van der Waals surface area contributed by atoms with Gasteiger partial charge in [0.2, 0.25) is 0 Å². The highest BCUT2D eigenvalue weighted by molar-refractivity contribution is 5.67. The normalized spacial score (nSPS) is 30.4. The highest BCUT2D eigenvalue weighted by atomic mass is 16.4. The van der Waals surface area contributed by atoms with Crippen molar-refractivity contribution in [2.75, 3.05) is 6.52 Å². The lowest BCUT2D eigenvalue weighted by molar-refractivity contribution is -0.140. The summed E-state index contributed by atoms with van der Waals surface area (Å²) in [6, 6.07) is 0. The van der Waals surface area contributed by atoms with Crippen molar-refractivity contribution in [1.29, 1.82) is 1.43 Å². The van der Waals surface area contributed by atoms with E-state index in [9.17, 15) is 4.79 Å². The molecule has 1 aliphatic rings. The van der Waals surface area contributed by atoms with Crippen LogP contribution in [0.3, 0.4) is 0 Å². The predicted molar refractivity (Wildman–Crippen MR) is 46.8 cm³/mol. The van der Waals surface area contributed by atoms with E-state index in [-0.39, 0.29) is 0 Å². The maximum Gasteiger partial charge on any atom is 0.303 e. The monoisotopic (exact) mass is 175 g/mol. The van der Waals surface area contributed by atoms with E-state index in [4.69, 9.17) is 11.3 Å². The Labute approximate surface area is 78.7 Å². The molecule has 12 heavy (non-hydrogen) atoms. The number of carboxylic acid groups (broad SMARTS) is 1. The molecule has 1 aliphatic carbocycles. The van der Waals surface area contributed by atoms with Crippen LogP contribution < -0.4 is 5.73 Å². The van der Waals surface area contributed by atoms with Gasteiger partial charge in [-0.25, -0.2) is 0 Å². The van der Waals surface area contributed by atoms with E-state index in [0.29, 0.717) is 12.8 Å². The minimum atomic E-state index is -2.36. The topological polar surface area (TPSA) is 63.3 Å². The van der Waals surface area contributed by atoms with Crippen molar-refractivity contribution in [3.05, 3.63) is 0 Å². The zero-order valence-electron chi connectivity index (χ0n) is 11.0. The maximum absolute atomic E-state index is 11.3. The molecule has 0 heterocycles. The maximum atomic E-state index is 11.3. The quantitative estimate of drug-likeness (QED) is 0.681. The first-order valence-corrected chi connectivity index (χ1v) is 4.24. The fourth-order valence-electron chi connectivity index (χ4n) is 1.72. The van der Waals surface area contributed by atoms with Crippen molar-refractivity contribution < 1.29 is 14.0 Å². The van der Waals surface area contributed by atoms with Crippen LogP contribution in [0.2, 0.25) is 0 Å². The van der Waals surface area contributed by atoms with Gasteiger partial charge in [0.05, 0.1) is 6.37 Å². The second-order valence-corrected chi connectivity index (χ2v) is 3.30. The minimum Gasteiger partial charge on any atom is -0.481 e. The van der Waals surface area contributed by atoms with E-state index < -0.39 is 24.3 Å². The smallest absolute Gasteiger partial charge is 0.303 e. The number of hydrogen-bond acceptors (Lipinski definition) is 3. The first kappa shape index (κ1) is 5.22. The molecule has 1 fully saturated rings. The SMILES string of the molecule is [2H]OC(=O)C([2H])([2H])C1(C([2H])N)CCCCC1. The molecule has 1 atom stereocenters. The Kier molecular flexibility index (Phi) is 1.70. The van der Waals surface area contributed by atoms with Gasteiger partial charge in [-0.1, -0.05) is 19.3 Å². The lowest BCUT2D eigenvalue weighted by Crippen LogP contribution is -2.34. The van der Waals surface area contributed by atoms with Gasteiger partial charge in [-0.2, -0.15) is 0 Å². The second kappa shape index (κ2) is 3.90. The molecule has 3 N–H and O–H groups in total. The van der Waals surface area contributed by atoms with Crippen molar-refractivity contribution in [1.82, 2.24) is 0 Å². The number of aliphatic carboxylic acids is 1. The fraction of sp³-hybridized carbons (Fsp3) is 0.889. The summed E-state index contributed by atoms with van der Waals surface area (Å²) < 4.78 is 29.7. The van der Waals surface area contributed by atoms with E-state index in [1.54, 1.807) is 0 Å². The predicted octanol–water partition coefficient (Wildman–Crippen LogP) is 1.37. The van der Waals surface area contributed by atoms with Crippen LogP contribution in [0.1, 0.15) is 42.6 Å². The molecule has 0 aromatic heterocycles. The third-order valence-electron chi connectivity index (χ3n) is 2.42. The van der Waals surface area contributed by atoms with Gasteiger partial charge in [-0.05, 0) is 24.8 Å². The van der Waals surface area contributed by atoms with Gasteiger partial charge >= 0.3 is 5.97 Å². The lowest BCUT2D eigenvalue weighted by atomic mass is 9.72. The van der Waals surface area contributed by atoms with Crippen LogP contribution in [0.25, 0.3) is 1.43 Å². The molecule has 0 bridgehead atoms. The zero-order valence-corrected chi connectivity index (χ0v) is 7.01. The van der Waals surface area contributed by atoms with Crippen molar-refractivity contribution in [3.63, 3.8) is 0 Å². The molecule has 0 saturated heterocycles. The standard InChI is InChI=1S/C9H17NO2/c10-7-9(6-8(11)12)4-2-1-3-5-9/h1-7,10H2,(H,11,12)/i6D2,7D/hD. The van der Waals surface area contributed by atoms with E-state index in [1.807, 2.05) is 0 Å². The summed E-state index contributed by atoms with van der Waals surface area (Å²) in [6.45, 7) is -1.18. The highest BCUT2D eigenvalue weighted by Crippen LogP contribution is 2.38. The third kappa shape index (κ3) is 2.21. The number of hydrogen-bond donors (Lipinski definition) is 2. The number of nitrogens with two attached hydrogens (primary N) is 1. The summed E-state index contributed by atoms with van der Waals surface area (Å²) in [4.78, 5) is 11.3. The van der Waals surface area contributed by atoms with Gasteiger partial charge in [-0.15, -0.1) is 0 Å². The summed E-state index contributed by atoms with van der Waals surface area (Å²) >= 11 is 0. The summed E-state index contributed by atoms with van der Waals surface area (Å²) in [5, 5.41) is 3.74. The minimum absolute atomic E-state index is 0.389. The highest BCUT2D eigenvalue weighted by Gasteiger charge is 2.32. The van der Waals surface area contributed by atoms with Gasteiger partial charge < -0.3 is 10.8 Å². The first-order chi connectivity index (χ1) is 7.38. The van der Waals surface area contributed by atoms with E-state index in [1.165, 1.54) is 0 Å². The molecule has 0 radical (unpaired) electrons. The lowest BCUT2D eigenvalue weighted by Gasteiger charge is -2.34. The van der Waals surface area contributed by atoms with Crippen molar-refractivity contribution >= 4 is 5.97 Å². The Morgan fingerprint density at radius 2 is 2.25 bits per heavy atom. The van der Waals surface area contributed by atoms with Crippen molar-refractivity contribution in [2.24, 2.45) is 11.1 Å². The zero-order chi connectivity index (χ0) is 12.4. The Bertz CT molecular complexity index is 264. The molecule has 0 aliphatic heterocycles. The number of carbonyl (C=O) groups is 1. The van der Waals surface area contributed by atoms with E-state index in [2.05, 4.69) is 5.11 Å². The summed E-state index contributed by atoms with van der Waals surface area (Å²) in [5.74, 6) is -1.25. The van der Waals surface area contributed by atoms with Gasteiger partial charge in [0.25, 0.3) is 1.43 Å². The molecule has 3 heteroatoms. The van der Waals surface area contributed by atoms with Crippen LogP contribution in [0.5, 0.6) is 0 Å². The molecule has 3 nitrogen and oxygen atoms in total. The fourth-order valence-corrected chi connectivity index (χ4v) is 1.72. The van der Waals surface area contributed by atoms with E-state index in [0.717, 1.165) is 19.3 Å². The average Bonchev–Trinajstić information content (AvgIpc) is 2.28. The molecule has 0 aromatic rings. The number of rotatable bonds is 3. The molecular formula is C9H17NO2. The average molecular weight is 175 g/mol. The summed E-state index contributed by atoms with van der Waals surface area (Å²) in [6.07, 6.45) is 0.866. The van der Waals surface area contributed by atoms with Crippen LogP contribution in [0.4, 0.5) is 0 Å². The van der Waals surface area contributed by atoms with Gasteiger partial charge in [-0.3, -0.25) is 4.79 Å². The molecule has 0 spiro atoms. The van der Waals surface area contributed by atoms with Gasteiger partial charge in [0.1, 0.15) is 0 Å². The molecule has 0 aromatic carbocycles. The van der Waals surface area contributed by atoms with Crippen LogP contribution in [0.15, 0.2) is 0 Å². The van der Waals surface area contributed by atoms with Crippen molar-refractivity contribution in [3.8, 4) is 0 Å². The molecule has 70 valence electrons.